The van der Waals surface area contributed by atoms with Crippen molar-refractivity contribution < 1.29 is 9.59 Å². The minimum Gasteiger partial charge on any atom is -0.325 e. The molecular weight excluding hydrogens is 204 g/mol. The Morgan fingerprint density at radius 1 is 1.31 bits per heavy atom. The van der Waals surface area contributed by atoms with E-state index < -0.39 is 0 Å². The zero-order chi connectivity index (χ0) is 11.9. The molecule has 2 fully saturated rings. The maximum absolute atomic E-state index is 12.3. The number of hydrogen-bond acceptors (Lipinski definition) is 3. The van der Waals surface area contributed by atoms with E-state index in [1.165, 1.54) is 0 Å². The lowest BCUT2D eigenvalue weighted by molar-refractivity contribution is -0.148. The van der Waals surface area contributed by atoms with Crippen molar-refractivity contribution in [2.45, 2.75) is 51.6 Å². The zero-order valence-electron chi connectivity index (χ0n) is 10.2. The van der Waals surface area contributed by atoms with Gasteiger partial charge in [0.25, 0.3) is 0 Å². The van der Waals surface area contributed by atoms with Crippen LogP contribution < -0.4 is 5.32 Å². The van der Waals surface area contributed by atoms with Crippen LogP contribution >= 0.6 is 0 Å². The van der Waals surface area contributed by atoms with Gasteiger partial charge < -0.3 is 4.90 Å². The fourth-order valence-electron chi connectivity index (χ4n) is 2.57. The first kappa shape index (κ1) is 11.6. The molecular formula is C12H20N2O2. The Labute approximate surface area is 96.4 Å². The first-order chi connectivity index (χ1) is 7.39. The molecule has 1 aliphatic heterocycles. The quantitative estimate of drug-likeness (QED) is 0.665. The van der Waals surface area contributed by atoms with Crippen molar-refractivity contribution >= 4 is 11.7 Å². The van der Waals surface area contributed by atoms with Crippen LogP contribution in [0.2, 0.25) is 0 Å². The van der Waals surface area contributed by atoms with Crippen LogP contribution in [0.5, 0.6) is 0 Å². The zero-order valence-corrected chi connectivity index (χ0v) is 10.2. The number of Topliss-reactive ketones (excluding diaryl/α,β-unsaturated/α-hetero) is 1. The number of nitrogens with one attached hydrogen (secondary N) is 1. The molecule has 2 aliphatic rings. The highest BCUT2D eigenvalue weighted by atomic mass is 16.2. The summed E-state index contributed by atoms with van der Waals surface area (Å²) in [6.45, 7) is 6.69. The number of nitrogens with zero attached hydrogens (tertiary/aromatic N) is 1. The third-order valence-electron chi connectivity index (χ3n) is 3.57. The molecule has 4 heteroatoms. The maximum Gasteiger partial charge on any atom is 0.228 e. The highest BCUT2D eigenvalue weighted by molar-refractivity contribution is 5.87. The third-order valence-corrected chi connectivity index (χ3v) is 3.57. The van der Waals surface area contributed by atoms with Crippen molar-refractivity contribution in [3.63, 3.8) is 0 Å². The first-order valence-electron chi connectivity index (χ1n) is 5.96. The SMILES string of the molecule is CC(C)(C)N1CNC2CC(=O)CCC2C1=O. The summed E-state index contributed by atoms with van der Waals surface area (Å²) in [6.07, 6.45) is 1.79. The predicted molar refractivity (Wildman–Crippen MR) is 60.7 cm³/mol. The number of rotatable bonds is 0. The van der Waals surface area contributed by atoms with Crippen LogP contribution in [0.3, 0.4) is 0 Å². The van der Waals surface area contributed by atoms with Crippen LogP contribution in [0.15, 0.2) is 0 Å². The minimum absolute atomic E-state index is 0.00525. The number of hydrogen-bond donors (Lipinski definition) is 1. The van der Waals surface area contributed by atoms with Gasteiger partial charge in [-0.2, -0.15) is 0 Å². The maximum atomic E-state index is 12.3. The molecule has 0 bridgehead atoms. The molecule has 1 saturated heterocycles. The summed E-state index contributed by atoms with van der Waals surface area (Å²) in [5.41, 5.74) is -0.142. The fourth-order valence-corrected chi connectivity index (χ4v) is 2.57. The summed E-state index contributed by atoms with van der Waals surface area (Å²) in [6, 6.07) is 0.0762. The van der Waals surface area contributed by atoms with Gasteiger partial charge in [0, 0.05) is 24.4 Å². The molecule has 0 aromatic rings. The lowest BCUT2D eigenvalue weighted by Crippen LogP contribution is -2.63. The van der Waals surface area contributed by atoms with Gasteiger partial charge in [0.15, 0.2) is 0 Å². The molecule has 0 aromatic heterocycles. The van der Waals surface area contributed by atoms with Crippen LogP contribution in [0.25, 0.3) is 0 Å². The molecule has 1 amide bonds. The van der Waals surface area contributed by atoms with Crippen molar-refractivity contribution in [2.24, 2.45) is 5.92 Å². The van der Waals surface area contributed by atoms with Gasteiger partial charge in [-0.25, -0.2) is 0 Å². The van der Waals surface area contributed by atoms with Crippen molar-refractivity contribution in [1.29, 1.82) is 0 Å². The molecule has 1 heterocycles. The Kier molecular flexibility index (Phi) is 2.78. The van der Waals surface area contributed by atoms with E-state index in [1.807, 2.05) is 25.7 Å². The van der Waals surface area contributed by atoms with Gasteiger partial charge in [-0.1, -0.05) is 0 Å². The summed E-state index contributed by atoms with van der Waals surface area (Å²) >= 11 is 0. The summed E-state index contributed by atoms with van der Waals surface area (Å²) in [5, 5.41) is 3.32. The fraction of sp³-hybridized carbons (Fsp3) is 0.833. The molecule has 1 saturated carbocycles. The van der Waals surface area contributed by atoms with Gasteiger partial charge in [-0.15, -0.1) is 0 Å². The normalized spacial score (nSPS) is 31.6. The number of carbonyl (C=O) groups is 2. The second-order valence-electron chi connectivity index (χ2n) is 5.79. The summed E-state index contributed by atoms with van der Waals surface area (Å²) < 4.78 is 0. The molecule has 16 heavy (non-hydrogen) atoms. The molecule has 2 atom stereocenters. The third kappa shape index (κ3) is 1.98. The van der Waals surface area contributed by atoms with E-state index in [9.17, 15) is 9.59 Å². The van der Waals surface area contributed by atoms with Gasteiger partial charge >= 0.3 is 0 Å². The lowest BCUT2D eigenvalue weighted by Gasteiger charge is -2.46. The number of amides is 1. The van der Waals surface area contributed by atoms with Crippen molar-refractivity contribution in [2.75, 3.05) is 6.67 Å². The Hall–Kier alpha value is -0.900. The monoisotopic (exact) mass is 224 g/mol. The smallest absolute Gasteiger partial charge is 0.228 e. The largest absolute Gasteiger partial charge is 0.325 e. The van der Waals surface area contributed by atoms with Gasteiger partial charge in [0.1, 0.15) is 5.78 Å². The van der Waals surface area contributed by atoms with Crippen molar-refractivity contribution in [3.05, 3.63) is 0 Å². The molecule has 0 spiro atoms. The Morgan fingerprint density at radius 2 is 2.00 bits per heavy atom. The van der Waals surface area contributed by atoms with Crippen LogP contribution in [0.4, 0.5) is 0 Å². The summed E-state index contributed by atoms with van der Waals surface area (Å²) in [4.78, 5) is 25.5. The first-order valence-corrected chi connectivity index (χ1v) is 5.96. The number of fused-ring (bicyclic) bond motifs is 1. The highest BCUT2D eigenvalue weighted by Gasteiger charge is 2.42. The molecule has 90 valence electrons. The van der Waals surface area contributed by atoms with E-state index in [0.29, 0.717) is 25.9 Å². The van der Waals surface area contributed by atoms with Crippen LogP contribution in [-0.4, -0.2) is 34.8 Å². The van der Waals surface area contributed by atoms with Gasteiger partial charge in [0.05, 0.1) is 12.6 Å². The second kappa shape index (κ2) is 3.84. The Bertz CT molecular complexity index is 319. The van der Waals surface area contributed by atoms with Gasteiger partial charge in [0.2, 0.25) is 5.91 Å². The van der Waals surface area contributed by atoms with Crippen LogP contribution in [0.1, 0.15) is 40.0 Å². The number of carbonyl (C=O) groups excluding carboxylic acids is 2. The predicted octanol–water partition coefficient (Wildman–Crippen LogP) is 0.912. The molecule has 1 N–H and O–H groups in total. The lowest BCUT2D eigenvalue weighted by atomic mass is 9.81. The summed E-state index contributed by atoms with van der Waals surface area (Å²) in [7, 11) is 0. The second-order valence-corrected chi connectivity index (χ2v) is 5.79. The average molecular weight is 224 g/mol. The molecule has 2 rings (SSSR count). The topological polar surface area (TPSA) is 49.4 Å². The van der Waals surface area contributed by atoms with Crippen molar-refractivity contribution in [1.82, 2.24) is 10.2 Å². The molecule has 0 radical (unpaired) electrons. The molecule has 0 aromatic carbocycles. The van der Waals surface area contributed by atoms with E-state index in [4.69, 9.17) is 0 Å². The van der Waals surface area contributed by atoms with Crippen LogP contribution in [0, 0.1) is 5.92 Å². The summed E-state index contributed by atoms with van der Waals surface area (Å²) in [5.74, 6) is 0.500. The minimum atomic E-state index is -0.142. The Morgan fingerprint density at radius 3 is 2.62 bits per heavy atom. The molecule has 4 nitrogen and oxygen atoms in total. The van der Waals surface area contributed by atoms with E-state index in [-0.39, 0.29) is 29.2 Å². The van der Waals surface area contributed by atoms with Crippen LogP contribution in [-0.2, 0) is 9.59 Å². The number of ketones is 1. The van der Waals surface area contributed by atoms with E-state index >= 15 is 0 Å². The average Bonchev–Trinajstić information content (AvgIpc) is 2.15. The highest BCUT2D eigenvalue weighted by Crippen LogP contribution is 2.29. The van der Waals surface area contributed by atoms with Gasteiger partial charge in [-0.05, 0) is 27.2 Å². The van der Waals surface area contributed by atoms with E-state index in [2.05, 4.69) is 5.32 Å². The molecule has 2 unspecified atom stereocenters. The van der Waals surface area contributed by atoms with Gasteiger partial charge in [-0.3, -0.25) is 14.9 Å². The van der Waals surface area contributed by atoms with Crippen molar-refractivity contribution in [3.8, 4) is 0 Å². The van der Waals surface area contributed by atoms with E-state index in [1.54, 1.807) is 0 Å². The molecule has 1 aliphatic carbocycles. The Balaban J connectivity index is 2.13. The standard InChI is InChI=1S/C12H20N2O2/c1-12(2,3)14-7-13-10-6-8(15)4-5-9(10)11(14)16/h9-10,13H,4-7H2,1-3H3. The van der Waals surface area contributed by atoms with E-state index in [0.717, 1.165) is 0 Å².